The minimum absolute atomic E-state index is 0.177. The van der Waals surface area contributed by atoms with E-state index in [1.54, 1.807) is 18.6 Å². The standard InChI is InChI=1S/C31H28FN9/c1-19(20-7-4-3-5-8-20)35-22-15-21(16-33-17-22)28-27(32)26-24(18-34-28)38-39-30(26)31-36-23-9-6-10-25(29(23)37-31)41-13-11-40(2)12-14-41/h3-10,15-18,35H,1,11-14H2,2H3,(H,36,37)(H,38,39). The molecule has 0 aliphatic carbocycles. The molecule has 1 saturated heterocycles. The van der Waals surface area contributed by atoms with Gasteiger partial charge in [-0.2, -0.15) is 5.10 Å². The highest BCUT2D eigenvalue weighted by molar-refractivity contribution is 5.97. The van der Waals surface area contributed by atoms with E-state index < -0.39 is 5.82 Å². The number of rotatable bonds is 6. The number of aromatic nitrogens is 6. The summed E-state index contributed by atoms with van der Waals surface area (Å²) in [6.07, 6.45) is 4.85. The van der Waals surface area contributed by atoms with Crippen LogP contribution in [0.2, 0.25) is 0 Å². The minimum Gasteiger partial charge on any atom is -0.367 e. The molecule has 10 heteroatoms. The lowest BCUT2D eigenvalue weighted by Crippen LogP contribution is -2.44. The van der Waals surface area contributed by atoms with Crippen LogP contribution in [0.4, 0.5) is 15.8 Å². The number of hydrogen-bond acceptors (Lipinski definition) is 7. The van der Waals surface area contributed by atoms with Crippen LogP contribution in [-0.4, -0.2) is 68.3 Å². The van der Waals surface area contributed by atoms with Gasteiger partial charge in [-0.15, -0.1) is 0 Å². The maximum Gasteiger partial charge on any atom is 0.161 e. The fourth-order valence-electron chi connectivity index (χ4n) is 5.30. The van der Waals surface area contributed by atoms with E-state index in [1.165, 1.54) is 0 Å². The smallest absolute Gasteiger partial charge is 0.161 e. The summed E-state index contributed by atoms with van der Waals surface area (Å²) in [4.78, 5) is 21.7. The number of piperazine rings is 1. The Balaban J connectivity index is 1.25. The van der Waals surface area contributed by atoms with Crippen LogP contribution in [0.5, 0.6) is 0 Å². The molecule has 5 heterocycles. The zero-order valence-corrected chi connectivity index (χ0v) is 22.5. The van der Waals surface area contributed by atoms with Crippen molar-refractivity contribution in [3.63, 3.8) is 0 Å². The average molecular weight is 546 g/mol. The first-order chi connectivity index (χ1) is 20.0. The number of benzene rings is 2. The van der Waals surface area contributed by atoms with Crippen molar-refractivity contribution in [3.8, 4) is 22.8 Å². The van der Waals surface area contributed by atoms with Crippen molar-refractivity contribution in [3.05, 3.63) is 91.1 Å². The van der Waals surface area contributed by atoms with Crippen LogP contribution < -0.4 is 10.2 Å². The first kappa shape index (κ1) is 24.9. The van der Waals surface area contributed by atoms with Crippen LogP contribution in [0.15, 0.2) is 79.8 Å². The molecule has 0 saturated carbocycles. The van der Waals surface area contributed by atoms with E-state index in [9.17, 15) is 0 Å². The van der Waals surface area contributed by atoms with Gasteiger partial charge >= 0.3 is 0 Å². The molecule has 7 rings (SSSR count). The Morgan fingerprint density at radius 2 is 1.78 bits per heavy atom. The third-order valence-corrected chi connectivity index (χ3v) is 7.53. The second-order valence-electron chi connectivity index (χ2n) is 10.3. The van der Waals surface area contributed by atoms with Crippen LogP contribution in [0.3, 0.4) is 0 Å². The largest absolute Gasteiger partial charge is 0.367 e. The van der Waals surface area contributed by atoms with Gasteiger partial charge in [-0.1, -0.05) is 43.0 Å². The zero-order valence-electron chi connectivity index (χ0n) is 22.5. The minimum atomic E-state index is -0.494. The number of H-pyrrole nitrogens is 2. The molecule has 0 atom stereocenters. The number of pyridine rings is 2. The highest BCUT2D eigenvalue weighted by atomic mass is 19.1. The van der Waals surface area contributed by atoms with Gasteiger partial charge < -0.3 is 20.1 Å². The summed E-state index contributed by atoms with van der Waals surface area (Å²) in [5, 5.41) is 10.9. The van der Waals surface area contributed by atoms with Crippen LogP contribution in [0.25, 0.3) is 50.4 Å². The first-order valence-corrected chi connectivity index (χ1v) is 13.5. The second kappa shape index (κ2) is 10.1. The summed E-state index contributed by atoms with van der Waals surface area (Å²) < 4.78 is 16.2. The maximum atomic E-state index is 16.2. The summed E-state index contributed by atoms with van der Waals surface area (Å²) >= 11 is 0. The normalized spacial score (nSPS) is 14.1. The highest BCUT2D eigenvalue weighted by Crippen LogP contribution is 2.34. The predicted octanol–water partition coefficient (Wildman–Crippen LogP) is 5.54. The molecule has 0 bridgehead atoms. The average Bonchev–Trinajstić information content (AvgIpc) is 3.63. The van der Waals surface area contributed by atoms with Crippen molar-refractivity contribution in [2.75, 3.05) is 43.4 Å². The van der Waals surface area contributed by atoms with E-state index in [4.69, 9.17) is 4.98 Å². The Bertz CT molecular complexity index is 1880. The summed E-state index contributed by atoms with van der Waals surface area (Å²) in [5.41, 5.74) is 6.73. The summed E-state index contributed by atoms with van der Waals surface area (Å²) in [6, 6.07) is 17.7. The molecule has 0 radical (unpaired) electrons. The number of halogens is 1. The third-order valence-electron chi connectivity index (χ3n) is 7.53. The quantitative estimate of drug-likeness (QED) is 0.253. The molecule has 2 aromatic carbocycles. The molecule has 3 N–H and O–H groups in total. The van der Waals surface area contributed by atoms with E-state index in [0.717, 1.165) is 48.5 Å². The van der Waals surface area contributed by atoms with Crippen LogP contribution >= 0.6 is 0 Å². The molecule has 4 aromatic heterocycles. The summed E-state index contributed by atoms with van der Waals surface area (Å²) in [5.74, 6) is 0.00316. The Hall–Kier alpha value is -5.09. The number of aromatic amines is 2. The molecule has 204 valence electrons. The highest BCUT2D eigenvalue weighted by Gasteiger charge is 2.23. The van der Waals surface area contributed by atoms with Crippen molar-refractivity contribution < 1.29 is 4.39 Å². The monoisotopic (exact) mass is 545 g/mol. The SMILES string of the molecule is C=C(Nc1cncc(-c2ncc3[nH]nc(-c4nc5c(N6CCN(C)CC6)cccc5[nH]4)c3c2F)c1)c1ccccc1. The molecule has 6 aromatic rings. The summed E-state index contributed by atoms with van der Waals surface area (Å²) in [6.45, 7) is 7.95. The van der Waals surface area contributed by atoms with Crippen LogP contribution in [0.1, 0.15) is 5.56 Å². The third kappa shape index (κ3) is 4.57. The predicted molar refractivity (Wildman–Crippen MR) is 161 cm³/mol. The number of fused-ring (bicyclic) bond motifs is 2. The molecule has 1 aliphatic heterocycles. The van der Waals surface area contributed by atoms with Crippen molar-refractivity contribution in [2.24, 2.45) is 0 Å². The Labute approximate surface area is 235 Å². The molecule has 0 amide bonds. The maximum absolute atomic E-state index is 16.2. The molecule has 1 aliphatic rings. The number of para-hydroxylation sites is 1. The van der Waals surface area contributed by atoms with E-state index in [-0.39, 0.29) is 5.69 Å². The molecule has 1 fully saturated rings. The van der Waals surface area contributed by atoms with Crippen molar-refractivity contribution >= 4 is 39.0 Å². The van der Waals surface area contributed by atoms with Gasteiger partial charge in [0.25, 0.3) is 0 Å². The van der Waals surface area contributed by atoms with Gasteiger partial charge in [-0.25, -0.2) is 9.37 Å². The van der Waals surface area contributed by atoms with Gasteiger partial charge in [0.05, 0.1) is 40.2 Å². The van der Waals surface area contributed by atoms with E-state index in [1.807, 2.05) is 48.5 Å². The lowest BCUT2D eigenvalue weighted by Gasteiger charge is -2.34. The molecule has 9 nitrogen and oxygen atoms in total. The van der Waals surface area contributed by atoms with Crippen molar-refractivity contribution in [1.82, 2.24) is 35.0 Å². The van der Waals surface area contributed by atoms with Gasteiger partial charge in [0.15, 0.2) is 11.6 Å². The van der Waals surface area contributed by atoms with Crippen LogP contribution in [0, 0.1) is 5.82 Å². The number of likely N-dealkylation sites (N-methyl/N-ethyl adjacent to an activating group) is 1. The molecule has 41 heavy (non-hydrogen) atoms. The molecular weight excluding hydrogens is 517 g/mol. The van der Waals surface area contributed by atoms with Gasteiger partial charge in [0.2, 0.25) is 0 Å². The number of imidazole rings is 1. The second-order valence-corrected chi connectivity index (χ2v) is 10.3. The first-order valence-electron chi connectivity index (χ1n) is 13.5. The number of anilines is 2. The Kier molecular flexibility index (Phi) is 6.16. The van der Waals surface area contributed by atoms with Gasteiger partial charge in [-0.05, 0) is 30.8 Å². The van der Waals surface area contributed by atoms with E-state index in [2.05, 4.69) is 60.0 Å². The Morgan fingerprint density at radius 1 is 0.951 bits per heavy atom. The van der Waals surface area contributed by atoms with Crippen molar-refractivity contribution in [2.45, 2.75) is 0 Å². The zero-order chi connectivity index (χ0) is 27.9. The fraction of sp³-hybridized carbons (Fsp3) is 0.161. The lowest BCUT2D eigenvalue weighted by atomic mass is 10.1. The van der Waals surface area contributed by atoms with Gasteiger partial charge in [-0.3, -0.25) is 15.1 Å². The van der Waals surface area contributed by atoms with E-state index >= 15 is 4.39 Å². The fourth-order valence-corrected chi connectivity index (χ4v) is 5.30. The number of nitrogens with zero attached hydrogens (tertiary/aromatic N) is 6. The molecule has 0 unspecified atom stereocenters. The molecule has 0 spiro atoms. The summed E-state index contributed by atoms with van der Waals surface area (Å²) in [7, 11) is 2.13. The molecular formula is C31H28FN9. The number of hydrogen-bond donors (Lipinski definition) is 3. The topological polar surface area (TPSA) is 102 Å². The Morgan fingerprint density at radius 3 is 2.61 bits per heavy atom. The van der Waals surface area contributed by atoms with Crippen LogP contribution in [-0.2, 0) is 0 Å². The number of nitrogens with one attached hydrogen (secondary N) is 3. The lowest BCUT2D eigenvalue weighted by molar-refractivity contribution is 0.313. The van der Waals surface area contributed by atoms with E-state index in [0.29, 0.717) is 39.4 Å². The van der Waals surface area contributed by atoms with Crippen molar-refractivity contribution in [1.29, 1.82) is 0 Å². The van der Waals surface area contributed by atoms with Gasteiger partial charge in [0.1, 0.15) is 16.9 Å². The van der Waals surface area contributed by atoms with Gasteiger partial charge in [0, 0.05) is 43.6 Å².